The third-order valence-corrected chi connectivity index (χ3v) is 5.12. The maximum absolute atomic E-state index is 12.6. The molecule has 0 spiro atoms. The van der Waals surface area contributed by atoms with Crippen molar-refractivity contribution in [1.82, 2.24) is 10.2 Å². The maximum atomic E-state index is 12.6. The highest BCUT2D eigenvalue weighted by Gasteiger charge is 2.20. The second-order valence-electron chi connectivity index (χ2n) is 7.49. The predicted molar refractivity (Wildman–Crippen MR) is 113 cm³/mol. The molecule has 2 amide bonds. The zero-order valence-electron chi connectivity index (χ0n) is 16.3. The normalized spacial score (nSPS) is 13.2. The van der Waals surface area contributed by atoms with Gasteiger partial charge in [-0.3, -0.25) is 9.59 Å². The molecule has 2 aromatic rings. The second-order valence-corrected chi connectivity index (χ2v) is 7.89. The molecule has 1 aliphatic heterocycles. The highest BCUT2D eigenvalue weighted by molar-refractivity contribution is 6.34. The molecule has 0 atom stereocenters. The molecule has 0 unspecified atom stereocenters. The van der Waals surface area contributed by atoms with Crippen LogP contribution in [0.2, 0.25) is 5.02 Å². The summed E-state index contributed by atoms with van der Waals surface area (Å²) in [4.78, 5) is 26.6. The highest BCUT2D eigenvalue weighted by atomic mass is 35.5. The highest BCUT2D eigenvalue weighted by Crippen LogP contribution is 2.22. The van der Waals surface area contributed by atoms with Crippen LogP contribution in [0.25, 0.3) is 0 Å². The first-order chi connectivity index (χ1) is 13.4. The number of carbonyl (C=O) groups excluding carboxylic acids is 2. The van der Waals surface area contributed by atoms with E-state index in [2.05, 4.69) is 22.8 Å². The molecule has 3 rings (SSSR count). The number of nitrogens with zero attached hydrogens (tertiary/aromatic N) is 1. The molecule has 1 aliphatic rings. The van der Waals surface area contributed by atoms with Crippen molar-refractivity contribution >= 4 is 29.1 Å². The zero-order valence-corrected chi connectivity index (χ0v) is 17.1. The molecule has 2 aromatic carbocycles. The molecule has 0 bridgehead atoms. The van der Waals surface area contributed by atoms with Crippen molar-refractivity contribution in [2.75, 3.05) is 25.0 Å². The number of amides is 2. The fourth-order valence-electron chi connectivity index (χ4n) is 3.20. The van der Waals surface area contributed by atoms with E-state index in [1.807, 2.05) is 30.9 Å². The van der Waals surface area contributed by atoms with Crippen molar-refractivity contribution < 1.29 is 9.59 Å². The average molecular weight is 400 g/mol. The van der Waals surface area contributed by atoms with Crippen LogP contribution >= 0.6 is 11.6 Å². The lowest BCUT2D eigenvalue weighted by atomic mass is 10.00. The Balaban J connectivity index is 1.55. The van der Waals surface area contributed by atoms with E-state index in [9.17, 15) is 9.59 Å². The Kier molecular flexibility index (Phi) is 6.57. The van der Waals surface area contributed by atoms with Crippen LogP contribution in [0.1, 0.15) is 35.3 Å². The van der Waals surface area contributed by atoms with Gasteiger partial charge in [-0.25, -0.2) is 0 Å². The number of hydrogen-bond donors (Lipinski definition) is 2. The van der Waals surface area contributed by atoms with E-state index in [1.165, 1.54) is 11.1 Å². The number of benzene rings is 2. The number of anilines is 1. The van der Waals surface area contributed by atoms with Crippen LogP contribution in [0.4, 0.5) is 5.69 Å². The Morgan fingerprint density at radius 3 is 2.61 bits per heavy atom. The van der Waals surface area contributed by atoms with E-state index >= 15 is 0 Å². The smallest absolute Gasteiger partial charge is 0.252 e. The van der Waals surface area contributed by atoms with Crippen molar-refractivity contribution in [3.8, 4) is 0 Å². The van der Waals surface area contributed by atoms with Crippen LogP contribution in [0.15, 0.2) is 42.5 Å². The zero-order chi connectivity index (χ0) is 20.1. The lowest BCUT2D eigenvalue weighted by molar-refractivity contribution is -0.130. The van der Waals surface area contributed by atoms with Gasteiger partial charge in [-0.1, -0.05) is 49.7 Å². The van der Waals surface area contributed by atoms with E-state index in [4.69, 9.17) is 11.6 Å². The summed E-state index contributed by atoms with van der Waals surface area (Å²) in [5.74, 6) is 0.231. The summed E-state index contributed by atoms with van der Waals surface area (Å²) in [6, 6.07) is 13.4. The molecule has 0 radical (unpaired) electrons. The van der Waals surface area contributed by atoms with Crippen LogP contribution in [0.5, 0.6) is 0 Å². The van der Waals surface area contributed by atoms with Crippen LogP contribution < -0.4 is 10.6 Å². The SMILES string of the molecule is CC(C)CNC(=O)c1ccc(NCC(=O)N2CCc3ccccc3C2)cc1Cl. The van der Waals surface area contributed by atoms with Crippen LogP contribution in [-0.2, 0) is 17.8 Å². The first kappa shape index (κ1) is 20.2. The lowest BCUT2D eigenvalue weighted by Gasteiger charge is -2.29. The minimum Gasteiger partial charge on any atom is -0.376 e. The third-order valence-electron chi connectivity index (χ3n) is 4.81. The minimum atomic E-state index is -0.187. The molecule has 6 heteroatoms. The van der Waals surface area contributed by atoms with Gasteiger partial charge in [0.05, 0.1) is 17.1 Å². The fourth-order valence-corrected chi connectivity index (χ4v) is 3.47. The average Bonchev–Trinajstić information content (AvgIpc) is 2.69. The Labute approximate surface area is 171 Å². The van der Waals surface area contributed by atoms with Gasteiger partial charge in [0, 0.05) is 25.3 Å². The Morgan fingerprint density at radius 1 is 1.14 bits per heavy atom. The molecule has 0 aromatic heterocycles. The largest absolute Gasteiger partial charge is 0.376 e. The van der Waals surface area contributed by atoms with Gasteiger partial charge < -0.3 is 15.5 Å². The van der Waals surface area contributed by atoms with Gasteiger partial charge in [-0.15, -0.1) is 0 Å². The monoisotopic (exact) mass is 399 g/mol. The standard InChI is InChI=1S/C22H26ClN3O2/c1-15(2)12-25-22(28)19-8-7-18(11-20(19)23)24-13-21(27)26-10-9-16-5-3-4-6-17(16)14-26/h3-8,11,15,24H,9-10,12-14H2,1-2H3,(H,25,28). The number of nitrogens with one attached hydrogen (secondary N) is 2. The Hall–Kier alpha value is -2.53. The van der Waals surface area contributed by atoms with Crippen molar-refractivity contribution in [2.45, 2.75) is 26.8 Å². The van der Waals surface area contributed by atoms with Gasteiger partial charge in [0.25, 0.3) is 5.91 Å². The second kappa shape index (κ2) is 9.11. The predicted octanol–water partition coefficient (Wildman–Crippen LogP) is 3.72. The van der Waals surface area contributed by atoms with Gasteiger partial charge in [0.15, 0.2) is 0 Å². The fraction of sp³-hybridized carbons (Fsp3) is 0.364. The van der Waals surface area contributed by atoms with Crippen LogP contribution in [0.3, 0.4) is 0 Å². The molecule has 5 nitrogen and oxygen atoms in total. The summed E-state index contributed by atoms with van der Waals surface area (Å²) in [5, 5.41) is 6.34. The Bertz CT molecular complexity index is 867. The molecule has 1 heterocycles. The molecule has 28 heavy (non-hydrogen) atoms. The first-order valence-corrected chi connectivity index (χ1v) is 9.98. The van der Waals surface area contributed by atoms with Crippen molar-refractivity contribution in [1.29, 1.82) is 0 Å². The molecule has 0 aliphatic carbocycles. The number of halogens is 1. The summed E-state index contributed by atoms with van der Waals surface area (Å²) in [7, 11) is 0. The first-order valence-electron chi connectivity index (χ1n) is 9.60. The molecule has 0 saturated carbocycles. The molecular formula is C22H26ClN3O2. The number of rotatable bonds is 6. The third kappa shape index (κ3) is 5.04. The summed E-state index contributed by atoms with van der Waals surface area (Å²) in [6.07, 6.45) is 0.883. The van der Waals surface area contributed by atoms with E-state index in [-0.39, 0.29) is 18.4 Å². The quantitative estimate of drug-likeness (QED) is 0.778. The number of carbonyl (C=O) groups is 2. The molecule has 2 N–H and O–H groups in total. The van der Waals surface area contributed by atoms with Crippen LogP contribution in [-0.4, -0.2) is 36.3 Å². The Morgan fingerprint density at radius 2 is 1.89 bits per heavy atom. The van der Waals surface area contributed by atoms with E-state index in [1.54, 1.807) is 18.2 Å². The van der Waals surface area contributed by atoms with Gasteiger partial charge in [0.1, 0.15) is 0 Å². The maximum Gasteiger partial charge on any atom is 0.252 e. The lowest BCUT2D eigenvalue weighted by Crippen LogP contribution is -2.39. The van der Waals surface area contributed by atoms with Crippen molar-refractivity contribution in [3.05, 3.63) is 64.2 Å². The van der Waals surface area contributed by atoms with Crippen LogP contribution in [0, 0.1) is 5.92 Å². The summed E-state index contributed by atoms with van der Waals surface area (Å²) >= 11 is 6.26. The van der Waals surface area contributed by atoms with E-state index < -0.39 is 0 Å². The summed E-state index contributed by atoms with van der Waals surface area (Å²) < 4.78 is 0. The molecular weight excluding hydrogens is 374 g/mol. The number of hydrogen-bond acceptors (Lipinski definition) is 3. The van der Waals surface area contributed by atoms with E-state index in [0.717, 1.165) is 18.7 Å². The van der Waals surface area contributed by atoms with Gasteiger partial charge >= 0.3 is 0 Å². The molecule has 148 valence electrons. The molecule has 0 fully saturated rings. The van der Waals surface area contributed by atoms with Gasteiger partial charge in [0.2, 0.25) is 5.91 Å². The van der Waals surface area contributed by atoms with Gasteiger partial charge in [-0.05, 0) is 41.7 Å². The van der Waals surface area contributed by atoms with Crippen molar-refractivity contribution in [2.24, 2.45) is 5.92 Å². The number of fused-ring (bicyclic) bond motifs is 1. The summed E-state index contributed by atoms with van der Waals surface area (Å²) in [5.41, 5.74) is 3.68. The summed E-state index contributed by atoms with van der Waals surface area (Å²) in [6.45, 7) is 6.24. The van der Waals surface area contributed by atoms with E-state index in [0.29, 0.717) is 29.6 Å². The topological polar surface area (TPSA) is 61.4 Å². The molecule has 0 saturated heterocycles. The van der Waals surface area contributed by atoms with Crippen molar-refractivity contribution in [3.63, 3.8) is 0 Å². The minimum absolute atomic E-state index is 0.0457. The van der Waals surface area contributed by atoms with Gasteiger partial charge in [-0.2, -0.15) is 0 Å².